The predicted molar refractivity (Wildman–Crippen MR) is 53.5 cm³/mol. The molecule has 0 aliphatic rings. The van der Waals surface area contributed by atoms with Crippen LogP contribution < -0.4 is 0 Å². The van der Waals surface area contributed by atoms with Crippen LogP contribution in [-0.2, 0) is 0 Å². The second-order valence-corrected chi connectivity index (χ2v) is 2.95. The summed E-state index contributed by atoms with van der Waals surface area (Å²) in [5.74, 6) is 0.754. The van der Waals surface area contributed by atoms with Gasteiger partial charge in [-0.3, -0.25) is 0 Å². The minimum absolute atomic E-state index is 0.289. The highest BCUT2D eigenvalue weighted by Gasteiger charge is 2.03. The van der Waals surface area contributed by atoms with Crippen molar-refractivity contribution in [1.29, 1.82) is 0 Å². The minimum atomic E-state index is -0.289. The lowest BCUT2D eigenvalue weighted by molar-refractivity contribution is 0.321. The molecule has 0 saturated carbocycles. The van der Waals surface area contributed by atoms with Crippen molar-refractivity contribution < 1.29 is 14.0 Å². The molecule has 2 aromatic rings. The molecular weight excluding hydrogens is 197 g/mol. The van der Waals surface area contributed by atoms with Crippen LogP contribution in [0.2, 0.25) is 0 Å². The van der Waals surface area contributed by atoms with E-state index in [0.29, 0.717) is 11.5 Å². The van der Waals surface area contributed by atoms with Crippen molar-refractivity contribution in [2.45, 2.75) is 0 Å². The van der Waals surface area contributed by atoms with Gasteiger partial charge in [-0.25, -0.2) is 4.39 Å². The minimum Gasteiger partial charge on any atom is -0.455 e. The molecule has 0 aliphatic heterocycles. The van der Waals surface area contributed by atoms with Gasteiger partial charge in [0.1, 0.15) is 23.6 Å². The van der Waals surface area contributed by atoms with Crippen molar-refractivity contribution in [3.8, 4) is 11.3 Å². The van der Waals surface area contributed by atoms with Gasteiger partial charge in [-0.05, 0) is 36.4 Å². The summed E-state index contributed by atoms with van der Waals surface area (Å²) in [6.07, 6.45) is 1.19. The fourth-order valence-corrected chi connectivity index (χ4v) is 1.25. The Hall–Kier alpha value is -2.10. The normalized spacial score (nSPS) is 11.0. The lowest BCUT2D eigenvalue weighted by Crippen LogP contribution is -1.76. The quantitative estimate of drug-likeness (QED) is 0.465. The van der Waals surface area contributed by atoms with Gasteiger partial charge in [0.05, 0.1) is 0 Å². The molecule has 0 fully saturated rings. The third kappa shape index (κ3) is 2.04. The van der Waals surface area contributed by atoms with Crippen LogP contribution in [0.15, 0.2) is 46.0 Å². The Labute approximate surface area is 85.5 Å². The van der Waals surface area contributed by atoms with Gasteiger partial charge in [0.15, 0.2) is 0 Å². The molecule has 2 rings (SSSR count). The SMILES string of the molecule is O/N=C/c1ccc(-c2ccc(F)cc2)o1. The molecule has 0 saturated heterocycles. The average molecular weight is 205 g/mol. The van der Waals surface area contributed by atoms with Gasteiger partial charge >= 0.3 is 0 Å². The first-order valence-corrected chi connectivity index (χ1v) is 4.33. The monoisotopic (exact) mass is 205 g/mol. The number of nitrogens with zero attached hydrogens (tertiary/aromatic N) is 1. The molecule has 4 heteroatoms. The highest BCUT2D eigenvalue weighted by atomic mass is 19.1. The topological polar surface area (TPSA) is 45.7 Å². The van der Waals surface area contributed by atoms with E-state index in [2.05, 4.69) is 5.16 Å². The van der Waals surface area contributed by atoms with Crippen molar-refractivity contribution in [3.05, 3.63) is 48.0 Å². The maximum Gasteiger partial charge on any atom is 0.149 e. The van der Waals surface area contributed by atoms with Crippen LogP contribution in [0, 0.1) is 5.82 Å². The molecule has 0 unspecified atom stereocenters. The second-order valence-electron chi connectivity index (χ2n) is 2.95. The number of benzene rings is 1. The number of hydrogen-bond donors (Lipinski definition) is 1. The van der Waals surface area contributed by atoms with Crippen LogP contribution in [0.25, 0.3) is 11.3 Å². The average Bonchev–Trinajstić information content (AvgIpc) is 2.68. The summed E-state index contributed by atoms with van der Waals surface area (Å²) in [4.78, 5) is 0. The zero-order chi connectivity index (χ0) is 10.7. The van der Waals surface area contributed by atoms with E-state index in [1.54, 1.807) is 24.3 Å². The van der Waals surface area contributed by atoms with Crippen molar-refractivity contribution in [2.75, 3.05) is 0 Å². The first kappa shape index (κ1) is 9.45. The Morgan fingerprint density at radius 1 is 1.13 bits per heavy atom. The van der Waals surface area contributed by atoms with Crippen LogP contribution in [0.1, 0.15) is 5.76 Å². The molecule has 15 heavy (non-hydrogen) atoms. The first-order chi connectivity index (χ1) is 7.29. The fourth-order valence-electron chi connectivity index (χ4n) is 1.25. The molecule has 0 aliphatic carbocycles. The zero-order valence-corrected chi connectivity index (χ0v) is 7.72. The van der Waals surface area contributed by atoms with E-state index in [9.17, 15) is 4.39 Å². The largest absolute Gasteiger partial charge is 0.455 e. The molecule has 0 atom stereocenters. The summed E-state index contributed by atoms with van der Waals surface area (Å²) in [6.45, 7) is 0. The highest BCUT2D eigenvalue weighted by Crippen LogP contribution is 2.21. The van der Waals surface area contributed by atoms with E-state index in [0.717, 1.165) is 5.56 Å². The lowest BCUT2D eigenvalue weighted by atomic mass is 10.2. The molecule has 1 aromatic carbocycles. The van der Waals surface area contributed by atoms with Crippen LogP contribution in [0.4, 0.5) is 4.39 Å². The summed E-state index contributed by atoms with van der Waals surface area (Å²) in [7, 11) is 0. The lowest BCUT2D eigenvalue weighted by Gasteiger charge is -1.95. The Morgan fingerprint density at radius 2 is 1.87 bits per heavy atom. The molecule has 76 valence electrons. The van der Waals surface area contributed by atoms with E-state index in [1.807, 2.05) is 0 Å². The maximum atomic E-state index is 12.6. The van der Waals surface area contributed by atoms with Gasteiger partial charge < -0.3 is 9.62 Å². The van der Waals surface area contributed by atoms with Gasteiger partial charge in [-0.2, -0.15) is 0 Å². The van der Waals surface area contributed by atoms with E-state index in [4.69, 9.17) is 9.62 Å². The van der Waals surface area contributed by atoms with Crippen LogP contribution in [-0.4, -0.2) is 11.4 Å². The smallest absolute Gasteiger partial charge is 0.149 e. The van der Waals surface area contributed by atoms with Crippen molar-refractivity contribution >= 4 is 6.21 Å². The Morgan fingerprint density at radius 3 is 2.53 bits per heavy atom. The molecule has 0 amide bonds. The van der Waals surface area contributed by atoms with Gasteiger partial charge in [0.25, 0.3) is 0 Å². The third-order valence-corrected chi connectivity index (χ3v) is 1.94. The summed E-state index contributed by atoms with van der Waals surface area (Å²) in [6, 6.07) is 9.35. The second kappa shape index (κ2) is 3.96. The van der Waals surface area contributed by atoms with E-state index in [1.165, 1.54) is 18.3 Å². The first-order valence-electron chi connectivity index (χ1n) is 4.33. The van der Waals surface area contributed by atoms with Gasteiger partial charge in [-0.1, -0.05) is 5.16 Å². The van der Waals surface area contributed by atoms with Crippen molar-refractivity contribution in [3.63, 3.8) is 0 Å². The molecule has 1 N–H and O–H groups in total. The Kier molecular flexibility index (Phi) is 2.49. The van der Waals surface area contributed by atoms with Crippen molar-refractivity contribution in [1.82, 2.24) is 0 Å². The number of furan rings is 1. The van der Waals surface area contributed by atoms with Gasteiger partial charge in [-0.15, -0.1) is 0 Å². The van der Waals surface area contributed by atoms with Crippen LogP contribution in [0.3, 0.4) is 0 Å². The van der Waals surface area contributed by atoms with E-state index >= 15 is 0 Å². The Bertz CT molecular complexity index is 474. The molecule has 0 bridgehead atoms. The summed E-state index contributed by atoms with van der Waals surface area (Å²) in [5, 5.41) is 11.1. The van der Waals surface area contributed by atoms with Crippen LogP contribution in [0.5, 0.6) is 0 Å². The Balaban J connectivity index is 2.33. The van der Waals surface area contributed by atoms with Crippen molar-refractivity contribution in [2.24, 2.45) is 5.16 Å². The summed E-state index contributed by atoms with van der Waals surface area (Å²) < 4.78 is 18.0. The summed E-state index contributed by atoms with van der Waals surface area (Å²) >= 11 is 0. The fraction of sp³-hybridized carbons (Fsp3) is 0. The number of rotatable bonds is 2. The molecule has 0 radical (unpaired) electrons. The zero-order valence-electron chi connectivity index (χ0n) is 7.72. The van der Waals surface area contributed by atoms with E-state index in [-0.39, 0.29) is 5.82 Å². The van der Waals surface area contributed by atoms with E-state index < -0.39 is 0 Å². The maximum absolute atomic E-state index is 12.6. The number of hydrogen-bond acceptors (Lipinski definition) is 3. The van der Waals surface area contributed by atoms with Gasteiger partial charge in [0, 0.05) is 5.56 Å². The number of halogens is 1. The summed E-state index contributed by atoms with van der Waals surface area (Å²) in [5.41, 5.74) is 0.772. The van der Waals surface area contributed by atoms with Crippen LogP contribution >= 0.6 is 0 Å². The standard InChI is InChI=1S/C11H8FNO2/c12-9-3-1-8(2-4-9)11-6-5-10(15-11)7-13-14/h1-7,14H/b13-7+. The predicted octanol–water partition coefficient (Wildman–Crippen LogP) is 2.89. The molecular formula is C11H8FNO2. The number of oxime groups is 1. The molecule has 3 nitrogen and oxygen atoms in total. The highest BCUT2D eigenvalue weighted by molar-refractivity contribution is 5.76. The molecule has 0 spiro atoms. The molecule has 1 heterocycles. The third-order valence-electron chi connectivity index (χ3n) is 1.94. The molecule has 1 aromatic heterocycles. The van der Waals surface area contributed by atoms with Gasteiger partial charge in [0.2, 0.25) is 0 Å².